The van der Waals surface area contributed by atoms with Gasteiger partial charge in [-0.2, -0.15) is 0 Å². The Morgan fingerprint density at radius 2 is 2.22 bits per heavy atom. The molecule has 0 fully saturated rings. The van der Waals surface area contributed by atoms with Gasteiger partial charge in [-0.25, -0.2) is 8.78 Å². The van der Waals surface area contributed by atoms with Crippen molar-refractivity contribution in [2.45, 2.75) is 19.8 Å². The van der Waals surface area contributed by atoms with Crippen molar-refractivity contribution in [1.29, 1.82) is 0 Å². The number of hydrogen-bond donors (Lipinski definition) is 0. The van der Waals surface area contributed by atoms with Crippen LogP contribution in [0.25, 0.3) is 0 Å². The van der Waals surface area contributed by atoms with Crippen LogP contribution in [-0.4, -0.2) is 24.7 Å². The van der Waals surface area contributed by atoms with Gasteiger partial charge in [0, 0.05) is 0 Å². The van der Waals surface area contributed by atoms with Crippen LogP contribution < -0.4 is 4.74 Å². The summed E-state index contributed by atoms with van der Waals surface area (Å²) in [6, 6.07) is 0. The lowest BCUT2D eigenvalue weighted by Crippen LogP contribution is -2.12. The van der Waals surface area contributed by atoms with Gasteiger partial charge in [0.25, 0.3) is 6.43 Å². The molecule has 1 aromatic rings. The lowest BCUT2D eigenvalue weighted by atomic mass is 10.1. The number of rotatable bonds is 5. The Bertz CT molecular complexity index is 441. The van der Waals surface area contributed by atoms with E-state index in [1.165, 1.54) is 13.3 Å². The number of ether oxygens (including phenoxy) is 2. The molecule has 0 N–H and O–H groups in total. The maximum Gasteiger partial charge on any atom is 0.311 e. The summed E-state index contributed by atoms with van der Waals surface area (Å²) >= 11 is 3.02. The highest BCUT2D eigenvalue weighted by atomic mass is 79.9. The molecule has 0 saturated heterocycles. The summed E-state index contributed by atoms with van der Waals surface area (Å²) in [7, 11) is 1.35. The molecular weight excluding hydrogens is 312 g/mol. The summed E-state index contributed by atoms with van der Waals surface area (Å²) in [5.74, 6) is -0.401. The SMILES string of the molecule is CCOC(=O)Cc1ncc(OC)c(Br)c1C(F)F. The summed E-state index contributed by atoms with van der Waals surface area (Å²) in [5.41, 5.74) is -0.362. The lowest BCUT2D eigenvalue weighted by Gasteiger charge is -2.12. The maximum absolute atomic E-state index is 13.0. The second-order valence-corrected chi connectivity index (χ2v) is 4.08. The highest BCUT2D eigenvalue weighted by Gasteiger charge is 2.23. The number of nitrogens with zero attached hydrogens (tertiary/aromatic N) is 1. The Kier molecular flexibility index (Phi) is 5.46. The van der Waals surface area contributed by atoms with Crippen molar-refractivity contribution in [3.63, 3.8) is 0 Å². The molecule has 1 heterocycles. The first kappa shape index (κ1) is 14.8. The first-order valence-electron chi connectivity index (χ1n) is 5.16. The van der Waals surface area contributed by atoms with E-state index >= 15 is 0 Å². The third-order valence-electron chi connectivity index (χ3n) is 2.16. The van der Waals surface area contributed by atoms with Crippen molar-refractivity contribution in [1.82, 2.24) is 4.98 Å². The van der Waals surface area contributed by atoms with Gasteiger partial charge < -0.3 is 9.47 Å². The van der Waals surface area contributed by atoms with Crippen molar-refractivity contribution >= 4 is 21.9 Å². The predicted molar refractivity (Wildman–Crippen MR) is 63.8 cm³/mol. The minimum absolute atomic E-state index is 0.0175. The van der Waals surface area contributed by atoms with E-state index < -0.39 is 12.4 Å². The van der Waals surface area contributed by atoms with Gasteiger partial charge in [0.1, 0.15) is 0 Å². The van der Waals surface area contributed by atoms with Crippen LogP contribution in [0.1, 0.15) is 24.6 Å². The number of alkyl halides is 2. The Labute approximate surface area is 111 Å². The molecule has 0 bridgehead atoms. The average Bonchev–Trinajstić information content (AvgIpc) is 2.29. The fraction of sp³-hybridized carbons (Fsp3) is 0.455. The van der Waals surface area contributed by atoms with Gasteiger partial charge in [0.05, 0.1) is 42.1 Å². The van der Waals surface area contributed by atoms with Crippen LogP contribution in [0.2, 0.25) is 0 Å². The smallest absolute Gasteiger partial charge is 0.311 e. The average molecular weight is 324 g/mol. The Hall–Kier alpha value is -1.24. The molecular formula is C11H12BrF2NO3. The molecule has 100 valence electrons. The number of hydrogen-bond acceptors (Lipinski definition) is 4. The molecule has 18 heavy (non-hydrogen) atoms. The molecule has 0 saturated carbocycles. The standard InChI is InChI=1S/C11H12BrF2NO3/c1-3-18-8(16)4-6-9(11(13)14)10(12)7(17-2)5-15-6/h5,11H,3-4H2,1-2H3. The zero-order valence-corrected chi connectivity index (χ0v) is 11.5. The van der Waals surface area contributed by atoms with Crippen LogP contribution in [0.4, 0.5) is 8.78 Å². The number of halogens is 3. The first-order chi connectivity index (χ1) is 8.51. The fourth-order valence-electron chi connectivity index (χ4n) is 1.38. The highest BCUT2D eigenvalue weighted by molar-refractivity contribution is 9.10. The van der Waals surface area contributed by atoms with Gasteiger partial charge in [0.2, 0.25) is 0 Å². The normalized spacial score (nSPS) is 10.6. The molecule has 1 rings (SSSR count). The maximum atomic E-state index is 13.0. The third kappa shape index (κ3) is 3.38. The van der Waals surface area contributed by atoms with Crippen molar-refractivity contribution in [2.75, 3.05) is 13.7 Å². The summed E-state index contributed by atoms with van der Waals surface area (Å²) in [6.45, 7) is 1.84. The first-order valence-corrected chi connectivity index (χ1v) is 5.95. The molecule has 0 spiro atoms. The molecule has 1 aromatic heterocycles. The van der Waals surface area contributed by atoms with E-state index in [-0.39, 0.29) is 34.5 Å². The lowest BCUT2D eigenvalue weighted by molar-refractivity contribution is -0.142. The molecule has 0 aliphatic rings. The molecule has 0 amide bonds. The van der Waals surface area contributed by atoms with E-state index in [9.17, 15) is 13.6 Å². The molecule has 0 atom stereocenters. The van der Waals surface area contributed by atoms with Crippen LogP contribution in [0, 0.1) is 0 Å². The number of pyridine rings is 1. The summed E-state index contributed by atoms with van der Waals surface area (Å²) in [6.07, 6.45) is -1.77. The topological polar surface area (TPSA) is 48.4 Å². The minimum Gasteiger partial charge on any atom is -0.494 e. The predicted octanol–water partition coefficient (Wildman–Crippen LogP) is 2.90. The molecule has 0 aromatic carbocycles. The van der Waals surface area contributed by atoms with Gasteiger partial charge in [0.15, 0.2) is 5.75 Å². The number of esters is 1. The van der Waals surface area contributed by atoms with Gasteiger partial charge in [-0.15, -0.1) is 0 Å². The Balaban J connectivity index is 3.11. The fourth-order valence-corrected chi connectivity index (χ4v) is 2.04. The van der Waals surface area contributed by atoms with Crippen LogP contribution in [0.5, 0.6) is 5.75 Å². The third-order valence-corrected chi connectivity index (χ3v) is 2.97. The van der Waals surface area contributed by atoms with E-state index in [0.29, 0.717) is 0 Å². The number of carbonyl (C=O) groups is 1. The summed E-state index contributed by atoms with van der Waals surface area (Å²) in [4.78, 5) is 15.1. The molecule has 0 radical (unpaired) electrons. The van der Waals surface area contributed by atoms with E-state index in [0.717, 1.165) is 0 Å². The van der Waals surface area contributed by atoms with Crippen LogP contribution in [0.3, 0.4) is 0 Å². The van der Waals surface area contributed by atoms with Crippen LogP contribution in [0.15, 0.2) is 10.7 Å². The summed E-state index contributed by atoms with van der Waals surface area (Å²) in [5, 5.41) is 0. The van der Waals surface area contributed by atoms with E-state index in [2.05, 4.69) is 20.9 Å². The number of carbonyl (C=O) groups excluding carboxylic acids is 1. The van der Waals surface area contributed by atoms with E-state index in [1.54, 1.807) is 6.92 Å². The second kappa shape index (κ2) is 6.63. The zero-order valence-electron chi connectivity index (χ0n) is 9.87. The quantitative estimate of drug-likeness (QED) is 0.782. The van der Waals surface area contributed by atoms with Crippen molar-refractivity contribution in [2.24, 2.45) is 0 Å². The van der Waals surface area contributed by atoms with Crippen LogP contribution >= 0.6 is 15.9 Å². The van der Waals surface area contributed by atoms with Crippen LogP contribution in [-0.2, 0) is 16.0 Å². The zero-order chi connectivity index (χ0) is 13.7. The van der Waals surface area contributed by atoms with Gasteiger partial charge in [-0.3, -0.25) is 9.78 Å². The Morgan fingerprint density at radius 3 is 2.72 bits per heavy atom. The highest BCUT2D eigenvalue weighted by Crippen LogP contribution is 2.36. The van der Waals surface area contributed by atoms with Crippen molar-refractivity contribution in [3.8, 4) is 5.75 Å². The monoisotopic (exact) mass is 323 g/mol. The van der Waals surface area contributed by atoms with Gasteiger partial charge in [-0.1, -0.05) is 0 Å². The van der Waals surface area contributed by atoms with Gasteiger partial charge >= 0.3 is 5.97 Å². The largest absolute Gasteiger partial charge is 0.494 e. The molecule has 7 heteroatoms. The van der Waals surface area contributed by atoms with Crippen molar-refractivity contribution < 1.29 is 23.0 Å². The number of methoxy groups -OCH3 is 1. The minimum atomic E-state index is -2.76. The summed E-state index contributed by atoms with van der Waals surface area (Å²) < 4.78 is 35.6. The molecule has 4 nitrogen and oxygen atoms in total. The number of aromatic nitrogens is 1. The van der Waals surface area contributed by atoms with Crippen molar-refractivity contribution in [3.05, 3.63) is 21.9 Å². The molecule has 0 aliphatic carbocycles. The van der Waals surface area contributed by atoms with E-state index in [4.69, 9.17) is 9.47 Å². The van der Waals surface area contributed by atoms with Gasteiger partial charge in [-0.05, 0) is 22.9 Å². The molecule has 0 unspecified atom stereocenters. The van der Waals surface area contributed by atoms with E-state index in [1.807, 2.05) is 0 Å². The second-order valence-electron chi connectivity index (χ2n) is 3.28. The molecule has 0 aliphatic heterocycles. The Morgan fingerprint density at radius 1 is 1.56 bits per heavy atom.